The van der Waals surface area contributed by atoms with E-state index in [1.165, 1.54) is 5.56 Å². The predicted octanol–water partition coefficient (Wildman–Crippen LogP) is 2.14. The summed E-state index contributed by atoms with van der Waals surface area (Å²) in [6.07, 6.45) is 1.07. The Bertz CT molecular complexity index is 607. The number of likely N-dealkylation sites (N-methyl/N-ethyl adjacent to an activating group) is 1. The molecule has 5 nitrogen and oxygen atoms in total. The summed E-state index contributed by atoms with van der Waals surface area (Å²) in [4.78, 5) is 28.3. The van der Waals surface area contributed by atoms with Crippen molar-refractivity contribution in [2.75, 3.05) is 19.6 Å². The zero-order valence-corrected chi connectivity index (χ0v) is 15.1. The molecule has 5 heteroatoms. The molecule has 0 aliphatic carbocycles. The molecule has 1 aliphatic heterocycles. The second-order valence-electron chi connectivity index (χ2n) is 7.10. The van der Waals surface area contributed by atoms with Gasteiger partial charge in [-0.1, -0.05) is 24.3 Å². The van der Waals surface area contributed by atoms with Crippen LogP contribution in [0, 0.1) is 0 Å². The Morgan fingerprint density at radius 3 is 2.58 bits per heavy atom. The first-order chi connectivity index (χ1) is 11.2. The van der Waals surface area contributed by atoms with Gasteiger partial charge in [0.2, 0.25) is 11.8 Å². The molecule has 0 fully saturated rings. The Kier molecular flexibility index (Phi) is 5.65. The van der Waals surface area contributed by atoms with E-state index in [1.54, 1.807) is 30.6 Å². The number of nitrogens with zero attached hydrogens (tertiary/aromatic N) is 2. The zero-order chi connectivity index (χ0) is 17.9. The van der Waals surface area contributed by atoms with Crippen molar-refractivity contribution in [3.63, 3.8) is 0 Å². The van der Waals surface area contributed by atoms with E-state index in [0.717, 1.165) is 12.0 Å². The number of aliphatic hydroxyl groups is 1. The minimum absolute atomic E-state index is 0.00663. The minimum atomic E-state index is -0.934. The van der Waals surface area contributed by atoms with Crippen molar-refractivity contribution in [1.82, 2.24) is 9.80 Å². The van der Waals surface area contributed by atoms with Crippen LogP contribution in [0.25, 0.3) is 0 Å². The van der Waals surface area contributed by atoms with Crippen LogP contribution in [0.3, 0.4) is 0 Å². The third-order valence-electron chi connectivity index (χ3n) is 4.50. The lowest BCUT2D eigenvalue weighted by Crippen LogP contribution is -2.45. The molecule has 1 aliphatic rings. The molecule has 1 aromatic carbocycles. The first-order valence-electron chi connectivity index (χ1n) is 8.58. The topological polar surface area (TPSA) is 60.9 Å². The highest BCUT2D eigenvalue weighted by molar-refractivity contribution is 5.80. The van der Waals surface area contributed by atoms with Crippen LogP contribution < -0.4 is 0 Å². The van der Waals surface area contributed by atoms with Crippen LogP contribution in [-0.2, 0) is 16.0 Å². The molecule has 1 unspecified atom stereocenters. The standard InChI is InChI=1S/C19H28N2O3/c1-5-20(13-19(3,4)24)18(23)12-17-16-9-7-6-8-15(16)10-11-21(17)14(2)22/h6-9,17,24H,5,10-13H2,1-4H3. The van der Waals surface area contributed by atoms with E-state index in [0.29, 0.717) is 13.1 Å². The quantitative estimate of drug-likeness (QED) is 0.899. The minimum Gasteiger partial charge on any atom is -0.389 e. The van der Waals surface area contributed by atoms with E-state index in [2.05, 4.69) is 6.07 Å². The molecule has 1 atom stereocenters. The van der Waals surface area contributed by atoms with E-state index in [9.17, 15) is 14.7 Å². The van der Waals surface area contributed by atoms with Gasteiger partial charge in [-0.15, -0.1) is 0 Å². The van der Waals surface area contributed by atoms with E-state index >= 15 is 0 Å². The average Bonchev–Trinajstić information content (AvgIpc) is 2.51. The fourth-order valence-corrected chi connectivity index (χ4v) is 3.39. The highest BCUT2D eigenvalue weighted by Crippen LogP contribution is 2.32. The highest BCUT2D eigenvalue weighted by atomic mass is 16.3. The highest BCUT2D eigenvalue weighted by Gasteiger charge is 2.32. The van der Waals surface area contributed by atoms with Crippen molar-refractivity contribution in [3.8, 4) is 0 Å². The number of hydrogen-bond donors (Lipinski definition) is 1. The third-order valence-corrected chi connectivity index (χ3v) is 4.50. The Morgan fingerprint density at radius 1 is 1.33 bits per heavy atom. The summed E-state index contributed by atoms with van der Waals surface area (Å²) in [6.45, 7) is 8.32. The predicted molar refractivity (Wildman–Crippen MR) is 93.4 cm³/mol. The maximum atomic E-state index is 12.8. The van der Waals surface area contributed by atoms with Gasteiger partial charge in [0.25, 0.3) is 0 Å². The molecule has 2 amide bonds. The number of benzene rings is 1. The van der Waals surface area contributed by atoms with Crippen molar-refractivity contribution >= 4 is 11.8 Å². The Balaban J connectivity index is 2.24. The maximum absolute atomic E-state index is 12.8. The van der Waals surface area contributed by atoms with Gasteiger partial charge in [-0.05, 0) is 38.3 Å². The van der Waals surface area contributed by atoms with Crippen molar-refractivity contribution in [3.05, 3.63) is 35.4 Å². The van der Waals surface area contributed by atoms with Crippen molar-refractivity contribution in [1.29, 1.82) is 0 Å². The van der Waals surface area contributed by atoms with Gasteiger partial charge in [0.15, 0.2) is 0 Å². The molecular formula is C19H28N2O3. The first kappa shape index (κ1) is 18.5. The van der Waals surface area contributed by atoms with E-state index < -0.39 is 5.60 Å². The van der Waals surface area contributed by atoms with Gasteiger partial charge in [-0.3, -0.25) is 9.59 Å². The van der Waals surface area contributed by atoms with Crippen molar-refractivity contribution in [2.45, 2.75) is 52.2 Å². The monoisotopic (exact) mass is 332 g/mol. The number of fused-ring (bicyclic) bond motifs is 1. The fourth-order valence-electron chi connectivity index (χ4n) is 3.39. The molecule has 0 aromatic heterocycles. The van der Waals surface area contributed by atoms with Crippen molar-refractivity contribution in [2.24, 2.45) is 0 Å². The summed E-state index contributed by atoms with van der Waals surface area (Å²) in [7, 11) is 0. The van der Waals surface area contributed by atoms with Gasteiger partial charge >= 0.3 is 0 Å². The van der Waals surface area contributed by atoms with Crippen LogP contribution in [0.5, 0.6) is 0 Å². The molecular weight excluding hydrogens is 304 g/mol. The third kappa shape index (κ3) is 4.35. The van der Waals surface area contributed by atoms with Gasteiger partial charge in [0.05, 0.1) is 18.1 Å². The summed E-state index contributed by atoms with van der Waals surface area (Å²) in [5.74, 6) is -0.0413. The van der Waals surface area contributed by atoms with Gasteiger partial charge in [0.1, 0.15) is 0 Å². The Morgan fingerprint density at radius 2 is 2.00 bits per heavy atom. The fraction of sp³-hybridized carbons (Fsp3) is 0.579. The van der Waals surface area contributed by atoms with Gasteiger partial charge in [-0.2, -0.15) is 0 Å². The van der Waals surface area contributed by atoms with E-state index in [4.69, 9.17) is 0 Å². The van der Waals surface area contributed by atoms with Crippen LogP contribution in [-0.4, -0.2) is 52.0 Å². The largest absolute Gasteiger partial charge is 0.389 e. The molecule has 0 bridgehead atoms. The lowest BCUT2D eigenvalue weighted by molar-refractivity contribution is -0.138. The molecule has 1 N–H and O–H groups in total. The van der Waals surface area contributed by atoms with E-state index in [1.807, 2.05) is 25.1 Å². The van der Waals surface area contributed by atoms with E-state index in [-0.39, 0.29) is 30.8 Å². The second-order valence-corrected chi connectivity index (χ2v) is 7.10. The number of carbonyl (C=O) groups excluding carboxylic acids is 2. The zero-order valence-electron chi connectivity index (χ0n) is 15.1. The summed E-state index contributed by atoms with van der Waals surface area (Å²) in [5, 5.41) is 10.0. The van der Waals surface area contributed by atoms with Crippen LogP contribution in [0.15, 0.2) is 24.3 Å². The number of hydrogen-bond acceptors (Lipinski definition) is 3. The molecule has 0 spiro atoms. The summed E-state index contributed by atoms with van der Waals surface area (Å²) >= 11 is 0. The Hall–Kier alpha value is -1.88. The van der Waals surface area contributed by atoms with Crippen LogP contribution in [0.4, 0.5) is 0 Å². The van der Waals surface area contributed by atoms with Crippen LogP contribution in [0.1, 0.15) is 51.3 Å². The first-order valence-corrected chi connectivity index (χ1v) is 8.58. The molecule has 0 saturated carbocycles. The van der Waals surface area contributed by atoms with Gasteiger partial charge in [-0.25, -0.2) is 0 Å². The maximum Gasteiger partial charge on any atom is 0.225 e. The lowest BCUT2D eigenvalue weighted by atomic mass is 9.90. The normalized spacial score (nSPS) is 17.4. The Labute approximate surface area is 144 Å². The molecule has 1 aromatic rings. The second kappa shape index (κ2) is 7.34. The molecule has 24 heavy (non-hydrogen) atoms. The lowest BCUT2D eigenvalue weighted by Gasteiger charge is -2.38. The average molecular weight is 332 g/mol. The molecule has 0 saturated heterocycles. The molecule has 132 valence electrons. The number of amides is 2. The summed E-state index contributed by atoms with van der Waals surface area (Å²) in [5.41, 5.74) is 1.33. The molecule has 1 heterocycles. The van der Waals surface area contributed by atoms with Crippen molar-refractivity contribution < 1.29 is 14.7 Å². The summed E-state index contributed by atoms with van der Waals surface area (Å²) in [6, 6.07) is 7.80. The number of rotatable bonds is 5. The number of carbonyl (C=O) groups is 2. The SMILES string of the molecule is CCN(CC(C)(C)O)C(=O)CC1c2ccccc2CCN1C(C)=O. The summed E-state index contributed by atoms with van der Waals surface area (Å²) < 4.78 is 0. The molecule has 0 radical (unpaired) electrons. The van der Waals surface area contributed by atoms with Crippen LogP contribution >= 0.6 is 0 Å². The molecule has 2 rings (SSSR count). The van der Waals surface area contributed by atoms with Gasteiger partial charge in [0, 0.05) is 26.6 Å². The van der Waals surface area contributed by atoms with Crippen LogP contribution in [0.2, 0.25) is 0 Å². The van der Waals surface area contributed by atoms with Gasteiger partial charge < -0.3 is 14.9 Å². The smallest absolute Gasteiger partial charge is 0.225 e.